The Hall–Kier alpha value is -2.11. The second-order valence-corrected chi connectivity index (χ2v) is 5.91. The zero-order valence-electron chi connectivity index (χ0n) is 11.5. The predicted octanol–water partition coefficient (Wildman–Crippen LogP) is 1.32. The molecule has 104 valence electrons. The lowest BCUT2D eigenvalue weighted by atomic mass is 10.2. The molecule has 0 spiro atoms. The van der Waals surface area contributed by atoms with Crippen LogP contribution in [0.1, 0.15) is 24.9 Å². The van der Waals surface area contributed by atoms with Gasteiger partial charge in [-0.15, -0.1) is 0 Å². The van der Waals surface area contributed by atoms with Gasteiger partial charge in [0, 0.05) is 37.2 Å². The molecule has 3 heterocycles. The molecule has 0 aromatic carbocycles. The van der Waals surface area contributed by atoms with E-state index in [-0.39, 0.29) is 6.04 Å². The first-order chi connectivity index (χ1) is 9.70. The maximum absolute atomic E-state index is 5.70. The van der Waals surface area contributed by atoms with Gasteiger partial charge in [-0.3, -0.25) is 4.68 Å². The van der Waals surface area contributed by atoms with Crippen LogP contribution in [0.4, 0.5) is 11.6 Å². The molecule has 2 aliphatic rings. The lowest BCUT2D eigenvalue weighted by Gasteiger charge is -2.18. The molecule has 0 amide bonds. The third-order valence-corrected chi connectivity index (χ3v) is 4.42. The molecule has 3 unspecified atom stereocenters. The number of hydrogen-bond donors (Lipinski definition) is 1. The highest BCUT2D eigenvalue weighted by atomic mass is 15.3. The predicted molar refractivity (Wildman–Crippen MR) is 76.3 cm³/mol. The van der Waals surface area contributed by atoms with Gasteiger partial charge in [0.1, 0.15) is 0 Å². The van der Waals surface area contributed by atoms with Gasteiger partial charge in [0.05, 0.1) is 17.9 Å². The monoisotopic (exact) mass is 270 g/mol. The van der Waals surface area contributed by atoms with Gasteiger partial charge < -0.3 is 10.6 Å². The average Bonchev–Trinajstić information content (AvgIpc) is 2.88. The molecule has 2 N–H and O–H groups in total. The molecule has 2 aromatic heterocycles. The van der Waals surface area contributed by atoms with E-state index in [4.69, 9.17) is 5.73 Å². The maximum Gasteiger partial charge on any atom is 0.225 e. The summed E-state index contributed by atoms with van der Waals surface area (Å²) in [6.07, 6.45) is 8.67. The topological polar surface area (TPSA) is 72.9 Å². The van der Waals surface area contributed by atoms with E-state index in [1.807, 2.05) is 23.3 Å². The second kappa shape index (κ2) is 4.19. The van der Waals surface area contributed by atoms with E-state index in [9.17, 15) is 0 Å². The molecular weight excluding hydrogens is 252 g/mol. The third-order valence-electron chi connectivity index (χ3n) is 4.42. The van der Waals surface area contributed by atoms with Crippen molar-refractivity contribution >= 4 is 11.6 Å². The Bertz CT molecular complexity index is 609. The van der Waals surface area contributed by atoms with E-state index in [1.165, 1.54) is 6.42 Å². The molecule has 2 aromatic rings. The van der Waals surface area contributed by atoms with Crippen molar-refractivity contribution in [1.29, 1.82) is 0 Å². The number of aromatic nitrogens is 4. The van der Waals surface area contributed by atoms with Crippen LogP contribution in [0.3, 0.4) is 0 Å². The second-order valence-electron chi connectivity index (χ2n) is 5.91. The smallest absolute Gasteiger partial charge is 0.225 e. The Morgan fingerprint density at radius 3 is 2.50 bits per heavy atom. The molecule has 0 bridgehead atoms. The van der Waals surface area contributed by atoms with Crippen LogP contribution in [0, 0.1) is 11.8 Å². The summed E-state index contributed by atoms with van der Waals surface area (Å²) in [6, 6.07) is 0.0910. The Labute approximate surface area is 117 Å². The van der Waals surface area contributed by atoms with Crippen molar-refractivity contribution in [1.82, 2.24) is 19.7 Å². The maximum atomic E-state index is 5.70. The van der Waals surface area contributed by atoms with Gasteiger partial charge in [0.25, 0.3) is 0 Å². The van der Waals surface area contributed by atoms with E-state index in [1.54, 1.807) is 6.20 Å². The quantitative estimate of drug-likeness (QED) is 0.910. The van der Waals surface area contributed by atoms with E-state index < -0.39 is 0 Å². The summed E-state index contributed by atoms with van der Waals surface area (Å²) >= 11 is 0. The van der Waals surface area contributed by atoms with Crippen LogP contribution in [-0.2, 0) is 0 Å². The molecule has 0 radical (unpaired) electrons. The zero-order chi connectivity index (χ0) is 13.7. The van der Waals surface area contributed by atoms with Crippen LogP contribution in [-0.4, -0.2) is 32.8 Å². The van der Waals surface area contributed by atoms with Gasteiger partial charge in [-0.1, -0.05) is 0 Å². The van der Waals surface area contributed by atoms with Gasteiger partial charge >= 0.3 is 0 Å². The SMILES string of the molecule is CC(c1cnc(N2CC3CC3C2)nc1)n1cc(N)cn1. The first-order valence-corrected chi connectivity index (χ1v) is 7.07. The standard InChI is InChI=1S/C14H18N6/c1-9(20-8-13(15)5-18-20)12-3-16-14(17-4-12)19-6-10-2-11(10)7-19/h3-5,8-11H,2,6-7,15H2,1H3. The first-order valence-electron chi connectivity index (χ1n) is 7.07. The molecule has 2 fully saturated rings. The minimum Gasteiger partial charge on any atom is -0.396 e. The summed E-state index contributed by atoms with van der Waals surface area (Å²) in [5.74, 6) is 2.64. The molecule has 1 aliphatic heterocycles. The van der Waals surface area contributed by atoms with Crippen molar-refractivity contribution < 1.29 is 0 Å². The van der Waals surface area contributed by atoms with Gasteiger partial charge in [0.15, 0.2) is 0 Å². The fourth-order valence-electron chi connectivity index (χ4n) is 2.99. The number of fused-ring (bicyclic) bond motifs is 1. The minimum absolute atomic E-state index is 0.0910. The number of piperidine rings is 1. The Morgan fingerprint density at radius 2 is 1.90 bits per heavy atom. The highest BCUT2D eigenvalue weighted by Crippen LogP contribution is 2.45. The molecule has 6 nitrogen and oxygen atoms in total. The Balaban J connectivity index is 1.52. The van der Waals surface area contributed by atoms with E-state index >= 15 is 0 Å². The lowest BCUT2D eigenvalue weighted by Crippen LogP contribution is -2.24. The van der Waals surface area contributed by atoms with Crippen molar-refractivity contribution in [3.63, 3.8) is 0 Å². The summed E-state index contributed by atoms with van der Waals surface area (Å²) in [5.41, 5.74) is 7.41. The molecule has 4 rings (SSSR count). The van der Waals surface area contributed by atoms with Crippen LogP contribution >= 0.6 is 0 Å². The van der Waals surface area contributed by atoms with Crippen LogP contribution in [0.2, 0.25) is 0 Å². The summed E-state index contributed by atoms with van der Waals surface area (Å²) in [4.78, 5) is 11.3. The first kappa shape index (κ1) is 11.7. The summed E-state index contributed by atoms with van der Waals surface area (Å²) in [5, 5.41) is 4.23. The normalized spacial score (nSPS) is 25.6. The molecule has 3 atom stereocenters. The number of nitrogens with zero attached hydrogens (tertiary/aromatic N) is 5. The molecule has 1 saturated heterocycles. The van der Waals surface area contributed by atoms with Crippen LogP contribution < -0.4 is 10.6 Å². The van der Waals surface area contributed by atoms with E-state index in [0.717, 1.165) is 36.4 Å². The van der Waals surface area contributed by atoms with Crippen molar-refractivity contribution in [2.75, 3.05) is 23.7 Å². The molecule has 20 heavy (non-hydrogen) atoms. The van der Waals surface area contributed by atoms with Gasteiger partial charge in [-0.05, 0) is 25.2 Å². The van der Waals surface area contributed by atoms with Gasteiger partial charge in [-0.2, -0.15) is 5.10 Å². The third kappa shape index (κ3) is 1.92. The van der Waals surface area contributed by atoms with E-state index in [0.29, 0.717) is 5.69 Å². The summed E-state index contributed by atoms with van der Waals surface area (Å²) in [6.45, 7) is 4.31. The van der Waals surface area contributed by atoms with Crippen LogP contribution in [0.15, 0.2) is 24.8 Å². The van der Waals surface area contributed by atoms with E-state index in [2.05, 4.69) is 26.9 Å². The molecule has 1 saturated carbocycles. The van der Waals surface area contributed by atoms with Crippen molar-refractivity contribution in [3.8, 4) is 0 Å². The number of nitrogen functional groups attached to an aromatic ring is 1. The fourth-order valence-corrected chi connectivity index (χ4v) is 2.99. The Morgan fingerprint density at radius 1 is 1.20 bits per heavy atom. The number of nitrogens with two attached hydrogens (primary N) is 1. The molecular formula is C14H18N6. The average molecular weight is 270 g/mol. The minimum atomic E-state index is 0.0910. The highest BCUT2D eigenvalue weighted by Gasteiger charge is 2.45. The number of anilines is 2. The zero-order valence-corrected chi connectivity index (χ0v) is 11.5. The van der Waals surface area contributed by atoms with Crippen LogP contribution in [0.5, 0.6) is 0 Å². The van der Waals surface area contributed by atoms with Crippen molar-refractivity contribution in [2.24, 2.45) is 11.8 Å². The van der Waals surface area contributed by atoms with Crippen LogP contribution in [0.25, 0.3) is 0 Å². The molecule has 6 heteroatoms. The summed E-state index contributed by atoms with van der Waals surface area (Å²) in [7, 11) is 0. The van der Waals surface area contributed by atoms with Gasteiger partial charge in [0.2, 0.25) is 5.95 Å². The summed E-state index contributed by atoms with van der Waals surface area (Å²) < 4.78 is 1.83. The highest BCUT2D eigenvalue weighted by molar-refractivity contribution is 5.35. The Kier molecular flexibility index (Phi) is 2.45. The lowest BCUT2D eigenvalue weighted by molar-refractivity contribution is 0.560. The number of hydrogen-bond acceptors (Lipinski definition) is 5. The van der Waals surface area contributed by atoms with Crippen molar-refractivity contribution in [3.05, 3.63) is 30.4 Å². The largest absolute Gasteiger partial charge is 0.396 e. The van der Waals surface area contributed by atoms with Gasteiger partial charge in [-0.25, -0.2) is 9.97 Å². The fraction of sp³-hybridized carbons (Fsp3) is 0.500. The van der Waals surface area contributed by atoms with Crippen molar-refractivity contribution in [2.45, 2.75) is 19.4 Å². The molecule has 1 aliphatic carbocycles. The number of rotatable bonds is 3.